The maximum absolute atomic E-state index is 12.4. The van der Waals surface area contributed by atoms with Gasteiger partial charge in [-0.3, -0.25) is 4.79 Å². The van der Waals surface area contributed by atoms with E-state index in [4.69, 9.17) is 0 Å². The summed E-state index contributed by atoms with van der Waals surface area (Å²) in [6.45, 7) is 0.265. The van der Waals surface area contributed by atoms with Crippen LogP contribution in [-0.2, 0) is 27.2 Å². The van der Waals surface area contributed by atoms with Gasteiger partial charge in [-0.1, -0.05) is 12.1 Å². The number of carbonyl (C=O) groups excluding carboxylic acids is 1. The normalized spacial score (nSPS) is 20.8. The molecule has 0 aromatic heterocycles. The molecule has 2 rings (SSSR count). The molecule has 0 spiro atoms. The predicted octanol–water partition coefficient (Wildman–Crippen LogP) is 1.80. The molecule has 1 aliphatic heterocycles. The maximum atomic E-state index is 12.4. The van der Waals surface area contributed by atoms with E-state index in [2.05, 4.69) is 5.32 Å². The average Bonchev–Trinajstić information content (AvgIpc) is 2.79. The Bertz CT molecular complexity index is 638. The standard InChI is InChI=1S/C14H16F3NO3S/c15-14(16,17)12-3-1-10(2-4-12)5-7-18-13(19)11-6-8-22(20,21)9-11/h1-4,11H,5-9H2,(H,18,19). The molecule has 1 aromatic carbocycles. The summed E-state index contributed by atoms with van der Waals surface area (Å²) in [6.07, 6.45) is -3.64. The number of rotatable bonds is 4. The zero-order valence-electron chi connectivity index (χ0n) is 11.7. The van der Waals surface area contributed by atoms with Gasteiger partial charge in [0.15, 0.2) is 9.84 Å². The van der Waals surface area contributed by atoms with Crippen molar-refractivity contribution in [3.8, 4) is 0 Å². The average molecular weight is 335 g/mol. The first kappa shape index (κ1) is 16.8. The third kappa shape index (κ3) is 4.46. The largest absolute Gasteiger partial charge is 0.416 e. The molecule has 0 radical (unpaired) electrons. The first-order valence-corrected chi connectivity index (χ1v) is 8.64. The Morgan fingerprint density at radius 2 is 1.86 bits per heavy atom. The van der Waals surface area contributed by atoms with Gasteiger partial charge in [0.25, 0.3) is 0 Å². The number of sulfone groups is 1. The van der Waals surface area contributed by atoms with Crippen molar-refractivity contribution in [2.24, 2.45) is 5.92 Å². The van der Waals surface area contributed by atoms with E-state index in [0.29, 0.717) is 18.4 Å². The Morgan fingerprint density at radius 1 is 1.23 bits per heavy atom. The summed E-state index contributed by atoms with van der Waals surface area (Å²) in [5.41, 5.74) is -0.0382. The van der Waals surface area contributed by atoms with Crippen LogP contribution >= 0.6 is 0 Å². The summed E-state index contributed by atoms with van der Waals surface area (Å²) in [5.74, 6) is -0.922. The van der Waals surface area contributed by atoms with Crippen molar-refractivity contribution in [3.63, 3.8) is 0 Å². The summed E-state index contributed by atoms with van der Waals surface area (Å²) in [5, 5.41) is 2.63. The third-order valence-electron chi connectivity index (χ3n) is 3.60. The number of amides is 1. The number of hydrogen-bond donors (Lipinski definition) is 1. The second kappa shape index (κ2) is 6.28. The zero-order chi connectivity index (χ0) is 16.4. The molecule has 1 amide bonds. The van der Waals surface area contributed by atoms with E-state index in [9.17, 15) is 26.4 Å². The van der Waals surface area contributed by atoms with Crippen molar-refractivity contribution >= 4 is 15.7 Å². The molecule has 0 saturated carbocycles. The van der Waals surface area contributed by atoms with Crippen molar-refractivity contribution in [1.82, 2.24) is 5.32 Å². The Balaban J connectivity index is 1.80. The second-order valence-electron chi connectivity index (χ2n) is 5.34. The lowest BCUT2D eigenvalue weighted by Gasteiger charge is -2.10. The number of carbonyl (C=O) groups is 1. The number of alkyl halides is 3. The summed E-state index contributed by atoms with van der Waals surface area (Å²) in [7, 11) is -3.10. The smallest absolute Gasteiger partial charge is 0.356 e. The van der Waals surface area contributed by atoms with E-state index in [0.717, 1.165) is 12.1 Å². The molecule has 22 heavy (non-hydrogen) atoms. The van der Waals surface area contributed by atoms with Crippen LogP contribution < -0.4 is 5.32 Å². The highest BCUT2D eigenvalue weighted by Crippen LogP contribution is 2.29. The summed E-state index contributed by atoms with van der Waals surface area (Å²) in [4.78, 5) is 11.8. The van der Waals surface area contributed by atoms with Crippen molar-refractivity contribution in [2.75, 3.05) is 18.1 Å². The third-order valence-corrected chi connectivity index (χ3v) is 5.37. The van der Waals surface area contributed by atoms with Gasteiger partial charge in [-0.15, -0.1) is 0 Å². The topological polar surface area (TPSA) is 63.2 Å². The van der Waals surface area contributed by atoms with Crippen LogP contribution in [0.15, 0.2) is 24.3 Å². The lowest BCUT2D eigenvalue weighted by Crippen LogP contribution is -2.32. The second-order valence-corrected chi connectivity index (χ2v) is 7.56. The quantitative estimate of drug-likeness (QED) is 0.913. The lowest BCUT2D eigenvalue weighted by atomic mass is 10.1. The first-order chi connectivity index (χ1) is 10.2. The Morgan fingerprint density at radius 3 is 2.36 bits per heavy atom. The van der Waals surface area contributed by atoms with E-state index < -0.39 is 27.5 Å². The molecular formula is C14H16F3NO3S. The molecule has 1 unspecified atom stereocenters. The SMILES string of the molecule is O=C(NCCc1ccc(C(F)(F)F)cc1)C1CCS(=O)(=O)C1. The molecule has 1 aromatic rings. The minimum absolute atomic E-state index is 0.0317. The van der Waals surface area contributed by atoms with Crippen molar-refractivity contribution < 1.29 is 26.4 Å². The molecule has 1 heterocycles. The highest BCUT2D eigenvalue weighted by Gasteiger charge is 2.32. The highest BCUT2D eigenvalue weighted by atomic mass is 32.2. The zero-order valence-corrected chi connectivity index (χ0v) is 12.5. The summed E-state index contributed by atoms with van der Waals surface area (Å²) < 4.78 is 59.8. The van der Waals surface area contributed by atoms with E-state index in [-0.39, 0.29) is 24.0 Å². The minimum Gasteiger partial charge on any atom is -0.356 e. The molecule has 0 aliphatic carbocycles. The molecule has 8 heteroatoms. The Labute approximate surface area is 126 Å². The van der Waals surface area contributed by atoms with Gasteiger partial charge in [0.05, 0.1) is 23.0 Å². The van der Waals surface area contributed by atoms with Crippen LogP contribution in [0.5, 0.6) is 0 Å². The van der Waals surface area contributed by atoms with Gasteiger partial charge >= 0.3 is 6.18 Å². The van der Waals surface area contributed by atoms with E-state index >= 15 is 0 Å². The lowest BCUT2D eigenvalue weighted by molar-refractivity contribution is -0.137. The Kier molecular flexibility index (Phi) is 4.79. The van der Waals surface area contributed by atoms with Crippen LogP contribution in [0.2, 0.25) is 0 Å². The van der Waals surface area contributed by atoms with Gasteiger partial charge in [0, 0.05) is 6.54 Å². The van der Waals surface area contributed by atoms with E-state index in [1.165, 1.54) is 12.1 Å². The highest BCUT2D eigenvalue weighted by molar-refractivity contribution is 7.91. The van der Waals surface area contributed by atoms with Gasteiger partial charge in [0.1, 0.15) is 0 Å². The monoisotopic (exact) mass is 335 g/mol. The van der Waals surface area contributed by atoms with Crippen molar-refractivity contribution in [1.29, 1.82) is 0 Å². The van der Waals surface area contributed by atoms with Crippen molar-refractivity contribution in [3.05, 3.63) is 35.4 Å². The van der Waals surface area contributed by atoms with Crippen LogP contribution in [-0.4, -0.2) is 32.4 Å². The van der Waals surface area contributed by atoms with Crippen LogP contribution in [0, 0.1) is 5.92 Å². The fourth-order valence-electron chi connectivity index (χ4n) is 2.34. The van der Waals surface area contributed by atoms with Crippen LogP contribution in [0.4, 0.5) is 13.2 Å². The molecular weight excluding hydrogens is 319 g/mol. The van der Waals surface area contributed by atoms with Crippen molar-refractivity contribution in [2.45, 2.75) is 19.0 Å². The molecule has 1 N–H and O–H groups in total. The predicted molar refractivity (Wildman–Crippen MR) is 74.9 cm³/mol. The van der Waals surface area contributed by atoms with Gasteiger partial charge in [-0.25, -0.2) is 8.42 Å². The van der Waals surface area contributed by atoms with Crippen LogP contribution in [0.1, 0.15) is 17.5 Å². The minimum atomic E-state index is -4.36. The molecule has 0 bridgehead atoms. The molecule has 122 valence electrons. The Hall–Kier alpha value is -1.57. The molecule has 4 nitrogen and oxygen atoms in total. The fraction of sp³-hybridized carbons (Fsp3) is 0.500. The molecule has 1 fully saturated rings. The fourth-order valence-corrected chi connectivity index (χ4v) is 4.08. The summed E-state index contributed by atoms with van der Waals surface area (Å²) >= 11 is 0. The molecule has 1 atom stereocenters. The first-order valence-electron chi connectivity index (χ1n) is 6.82. The van der Waals surface area contributed by atoms with Gasteiger partial charge in [-0.2, -0.15) is 13.2 Å². The van der Waals surface area contributed by atoms with E-state index in [1.807, 2.05) is 0 Å². The van der Waals surface area contributed by atoms with Gasteiger partial charge in [-0.05, 0) is 30.5 Å². The van der Waals surface area contributed by atoms with Crippen LogP contribution in [0.3, 0.4) is 0 Å². The van der Waals surface area contributed by atoms with Gasteiger partial charge < -0.3 is 5.32 Å². The van der Waals surface area contributed by atoms with Crippen LogP contribution in [0.25, 0.3) is 0 Å². The molecule has 1 aliphatic rings. The maximum Gasteiger partial charge on any atom is 0.416 e. The molecule has 1 saturated heterocycles. The number of hydrogen-bond acceptors (Lipinski definition) is 3. The number of nitrogens with one attached hydrogen (secondary N) is 1. The van der Waals surface area contributed by atoms with E-state index in [1.54, 1.807) is 0 Å². The number of benzene rings is 1. The summed E-state index contributed by atoms with van der Waals surface area (Å²) in [6, 6.07) is 4.74. The van der Waals surface area contributed by atoms with Gasteiger partial charge in [0.2, 0.25) is 5.91 Å². The number of halogens is 3.